The fraction of sp³-hybridized carbons (Fsp3) is 0.250. The molecule has 0 spiro atoms. The van der Waals surface area contributed by atoms with Gasteiger partial charge in [-0.05, 0) is 18.6 Å². The third-order valence-corrected chi connectivity index (χ3v) is 2.97. The summed E-state index contributed by atoms with van der Waals surface area (Å²) in [5.74, 6) is -0.828. The summed E-state index contributed by atoms with van der Waals surface area (Å²) in [6, 6.07) is 3.58. The van der Waals surface area contributed by atoms with E-state index in [0.717, 1.165) is 5.56 Å². The number of nitrogens with zero attached hydrogens (tertiary/aromatic N) is 1. The molecule has 1 aliphatic heterocycles. The van der Waals surface area contributed by atoms with Gasteiger partial charge in [-0.2, -0.15) is 0 Å². The van der Waals surface area contributed by atoms with Gasteiger partial charge in [0.05, 0.1) is 12.2 Å². The molecule has 1 unspecified atom stereocenters. The van der Waals surface area contributed by atoms with Crippen LogP contribution in [0.5, 0.6) is 0 Å². The first-order valence-electron chi connectivity index (χ1n) is 5.41. The largest absolute Gasteiger partial charge is 0.462 e. The molecule has 3 heterocycles. The Balaban J connectivity index is 2.04. The van der Waals surface area contributed by atoms with Crippen LogP contribution in [0.1, 0.15) is 24.3 Å². The van der Waals surface area contributed by atoms with Gasteiger partial charge in [0.15, 0.2) is 5.58 Å². The van der Waals surface area contributed by atoms with E-state index in [2.05, 4.69) is 10.3 Å². The van der Waals surface area contributed by atoms with Gasteiger partial charge < -0.3 is 4.42 Å². The molecule has 0 aromatic carbocycles. The molecule has 0 aliphatic carbocycles. The van der Waals surface area contributed by atoms with Crippen molar-refractivity contribution >= 4 is 22.9 Å². The smallest absolute Gasteiger partial charge is 0.234 e. The lowest BCUT2D eigenvalue weighted by molar-refractivity contribution is -0.134. The average molecular weight is 230 g/mol. The van der Waals surface area contributed by atoms with Crippen molar-refractivity contribution in [3.63, 3.8) is 0 Å². The van der Waals surface area contributed by atoms with Crippen LogP contribution in [0, 0.1) is 0 Å². The Bertz CT molecular complexity index is 603. The molecule has 2 aromatic heterocycles. The number of carbonyl (C=O) groups is 2. The van der Waals surface area contributed by atoms with E-state index in [9.17, 15) is 9.59 Å². The minimum Gasteiger partial charge on any atom is -0.462 e. The lowest BCUT2D eigenvalue weighted by Crippen LogP contribution is -2.39. The standard InChI is InChI=1S/C12H10N2O3/c15-10-4-3-7(12(16)14-10)8-6-17-9-2-1-5-13-11(8)9/h1-2,5-7H,3-4H2,(H,14,15,16). The van der Waals surface area contributed by atoms with E-state index < -0.39 is 0 Å². The SMILES string of the molecule is O=C1CCC(c2coc3cccnc23)C(=O)N1. The summed E-state index contributed by atoms with van der Waals surface area (Å²) in [6.45, 7) is 0. The first-order valence-corrected chi connectivity index (χ1v) is 5.41. The summed E-state index contributed by atoms with van der Waals surface area (Å²) >= 11 is 0. The Labute approximate surface area is 96.8 Å². The highest BCUT2D eigenvalue weighted by Crippen LogP contribution is 2.30. The number of piperidine rings is 1. The van der Waals surface area contributed by atoms with Crippen molar-refractivity contribution in [3.8, 4) is 0 Å². The van der Waals surface area contributed by atoms with E-state index in [0.29, 0.717) is 23.9 Å². The Hall–Kier alpha value is -2.17. The quantitative estimate of drug-likeness (QED) is 0.750. The predicted octanol–water partition coefficient (Wildman–Crippen LogP) is 1.35. The number of fused-ring (bicyclic) bond motifs is 1. The van der Waals surface area contributed by atoms with E-state index in [-0.39, 0.29) is 17.7 Å². The molecule has 1 N–H and O–H groups in total. The van der Waals surface area contributed by atoms with Crippen LogP contribution in [-0.2, 0) is 9.59 Å². The molecule has 0 saturated carbocycles. The second-order valence-electron chi connectivity index (χ2n) is 4.04. The van der Waals surface area contributed by atoms with Gasteiger partial charge in [-0.15, -0.1) is 0 Å². The minimum atomic E-state index is -0.344. The summed E-state index contributed by atoms with van der Waals surface area (Å²) in [6.07, 6.45) is 4.08. The third-order valence-electron chi connectivity index (χ3n) is 2.97. The predicted molar refractivity (Wildman–Crippen MR) is 59.1 cm³/mol. The molecule has 0 radical (unpaired) electrons. The van der Waals surface area contributed by atoms with E-state index >= 15 is 0 Å². The van der Waals surface area contributed by atoms with Crippen molar-refractivity contribution in [2.75, 3.05) is 0 Å². The van der Waals surface area contributed by atoms with Gasteiger partial charge in [-0.25, -0.2) is 0 Å². The van der Waals surface area contributed by atoms with Gasteiger partial charge in [0.25, 0.3) is 0 Å². The minimum absolute atomic E-state index is 0.216. The number of hydrogen-bond donors (Lipinski definition) is 1. The molecule has 1 fully saturated rings. The zero-order valence-electron chi connectivity index (χ0n) is 8.97. The van der Waals surface area contributed by atoms with Gasteiger partial charge in [-0.1, -0.05) is 0 Å². The van der Waals surface area contributed by atoms with Gasteiger partial charge >= 0.3 is 0 Å². The molecule has 1 atom stereocenters. The van der Waals surface area contributed by atoms with Gasteiger partial charge in [0.1, 0.15) is 5.52 Å². The Morgan fingerprint density at radius 3 is 3.12 bits per heavy atom. The Morgan fingerprint density at radius 2 is 2.29 bits per heavy atom. The number of nitrogens with one attached hydrogen (secondary N) is 1. The fourth-order valence-electron chi connectivity index (χ4n) is 2.12. The van der Waals surface area contributed by atoms with Crippen LogP contribution in [0.2, 0.25) is 0 Å². The number of furan rings is 1. The van der Waals surface area contributed by atoms with Gasteiger partial charge in [-0.3, -0.25) is 19.9 Å². The zero-order chi connectivity index (χ0) is 11.8. The highest BCUT2D eigenvalue weighted by atomic mass is 16.3. The Morgan fingerprint density at radius 1 is 1.41 bits per heavy atom. The van der Waals surface area contributed by atoms with Crippen LogP contribution in [-0.4, -0.2) is 16.8 Å². The lowest BCUT2D eigenvalue weighted by Gasteiger charge is -2.19. The second kappa shape index (κ2) is 3.69. The average Bonchev–Trinajstić information content (AvgIpc) is 2.73. The zero-order valence-corrected chi connectivity index (χ0v) is 8.97. The molecule has 2 amide bonds. The maximum atomic E-state index is 11.7. The number of carbonyl (C=O) groups excluding carboxylic acids is 2. The number of amides is 2. The van der Waals surface area contributed by atoms with E-state index in [1.54, 1.807) is 24.6 Å². The normalized spacial score (nSPS) is 20.6. The molecule has 1 saturated heterocycles. The van der Waals surface area contributed by atoms with Crippen molar-refractivity contribution in [2.45, 2.75) is 18.8 Å². The van der Waals surface area contributed by atoms with Gasteiger partial charge in [0.2, 0.25) is 11.8 Å². The fourth-order valence-corrected chi connectivity index (χ4v) is 2.12. The summed E-state index contributed by atoms with van der Waals surface area (Å²) in [4.78, 5) is 27.0. The molecule has 2 aromatic rings. The molecular weight excluding hydrogens is 220 g/mol. The number of hydrogen-bond acceptors (Lipinski definition) is 4. The Kier molecular flexibility index (Phi) is 2.18. The van der Waals surface area contributed by atoms with E-state index in [4.69, 9.17) is 4.42 Å². The van der Waals surface area contributed by atoms with Crippen LogP contribution in [0.15, 0.2) is 29.0 Å². The number of rotatable bonds is 1. The molecule has 3 rings (SSSR count). The van der Waals surface area contributed by atoms with Crippen molar-refractivity contribution in [1.29, 1.82) is 0 Å². The van der Waals surface area contributed by atoms with Crippen LogP contribution < -0.4 is 5.32 Å². The highest BCUT2D eigenvalue weighted by Gasteiger charge is 2.30. The number of pyridine rings is 1. The van der Waals surface area contributed by atoms with Crippen molar-refractivity contribution < 1.29 is 14.0 Å². The molecule has 0 bridgehead atoms. The van der Waals surface area contributed by atoms with E-state index in [1.165, 1.54) is 0 Å². The summed E-state index contributed by atoms with van der Waals surface area (Å²) in [7, 11) is 0. The second-order valence-corrected chi connectivity index (χ2v) is 4.04. The first-order chi connectivity index (χ1) is 8.25. The van der Waals surface area contributed by atoms with Crippen LogP contribution in [0.4, 0.5) is 0 Å². The maximum Gasteiger partial charge on any atom is 0.234 e. The topological polar surface area (TPSA) is 72.2 Å². The van der Waals surface area contributed by atoms with Crippen LogP contribution in [0.3, 0.4) is 0 Å². The molecule has 1 aliphatic rings. The highest BCUT2D eigenvalue weighted by molar-refractivity contribution is 6.02. The van der Waals surface area contributed by atoms with Crippen molar-refractivity contribution in [2.24, 2.45) is 0 Å². The number of aromatic nitrogens is 1. The maximum absolute atomic E-state index is 11.7. The lowest BCUT2D eigenvalue weighted by atomic mass is 9.92. The summed E-state index contributed by atoms with van der Waals surface area (Å²) in [5.41, 5.74) is 2.11. The molecule has 86 valence electrons. The summed E-state index contributed by atoms with van der Waals surface area (Å²) in [5, 5.41) is 2.34. The third kappa shape index (κ3) is 1.60. The first kappa shape index (κ1) is 10.0. The molecule has 17 heavy (non-hydrogen) atoms. The molecular formula is C12H10N2O3. The monoisotopic (exact) mass is 230 g/mol. The number of imide groups is 1. The summed E-state index contributed by atoms with van der Waals surface area (Å²) < 4.78 is 5.35. The van der Waals surface area contributed by atoms with E-state index in [1.807, 2.05) is 0 Å². The van der Waals surface area contributed by atoms with Crippen LogP contribution >= 0.6 is 0 Å². The molecule has 5 heteroatoms. The molecule has 5 nitrogen and oxygen atoms in total. The van der Waals surface area contributed by atoms with Crippen LogP contribution in [0.25, 0.3) is 11.1 Å². The van der Waals surface area contributed by atoms with Crippen molar-refractivity contribution in [1.82, 2.24) is 10.3 Å². The van der Waals surface area contributed by atoms with Gasteiger partial charge in [0, 0.05) is 18.2 Å². The van der Waals surface area contributed by atoms with Crippen molar-refractivity contribution in [3.05, 3.63) is 30.2 Å².